The maximum Gasteiger partial charge on any atom is 0.298 e. The molecule has 8 aromatic carbocycles. The SMILES string of the molecule is [2H]c1c([2H])c([2H])c(-c2cc(-c3c([2H])c([2H])c([2H])c([2H])c3[2H])c(N3CN(c4cc(C(C)(C)C)cc(C(F)(F)c5ccc6c7c([2H])c([2H])c([2H])c([2H])c7n(-c7cc(C(C)(C)C)ccn7)c6c5)c4)c4ccccc43)c(-c3c([2H])c([2H])c([2H])c([2H])c3[2H])c2)c([2H])c1[2H]. The van der Waals surface area contributed by atoms with E-state index in [9.17, 15) is 5.48 Å². The average Bonchev–Trinajstić information content (AvgIpc) is 1.46. The van der Waals surface area contributed by atoms with E-state index in [4.69, 9.17) is 20.6 Å². The summed E-state index contributed by atoms with van der Waals surface area (Å²) in [5, 5.41) is 0.385. The maximum atomic E-state index is 18.3. The first-order valence-corrected chi connectivity index (χ1v) is 22.2. The number of fused-ring (bicyclic) bond motifs is 4. The first-order chi connectivity index (χ1) is 41.1. The van der Waals surface area contributed by atoms with Crippen LogP contribution in [0.15, 0.2) is 206 Å². The Hall–Kier alpha value is -7.83. The van der Waals surface area contributed by atoms with Crippen LogP contribution >= 0.6 is 0 Å². The number of halogens is 2. The maximum absolute atomic E-state index is 18.3. The molecule has 1 aliphatic rings. The van der Waals surface area contributed by atoms with Gasteiger partial charge in [0.25, 0.3) is 5.92 Å². The number of para-hydroxylation sites is 3. The van der Waals surface area contributed by atoms with Crippen molar-refractivity contribution in [2.24, 2.45) is 0 Å². The molecule has 69 heavy (non-hydrogen) atoms. The molecule has 6 heteroatoms. The minimum Gasteiger partial charge on any atom is -0.321 e. The van der Waals surface area contributed by atoms with Crippen LogP contribution in [-0.4, -0.2) is 16.2 Å². The van der Waals surface area contributed by atoms with E-state index in [-0.39, 0.29) is 68.4 Å². The van der Waals surface area contributed by atoms with Crippen LogP contribution in [0.25, 0.3) is 61.0 Å². The largest absolute Gasteiger partial charge is 0.321 e. The summed E-state index contributed by atoms with van der Waals surface area (Å²) in [6, 6.07) is 8.02. The van der Waals surface area contributed by atoms with Crippen molar-refractivity contribution in [3.8, 4) is 39.2 Å². The third kappa shape index (κ3) is 7.84. The molecule has 0 radical (unpaired) electrons. The number of anilines is 4. The number of hydrogen-bond donors (Lipinski definition) is 0. The molecule has 1 aliphatic heterocycles. The van der Waals surface area contributed by atoms with Crippen LogP contribution in [0.2, 0.25) is 0 Å². The topological polar surface area (TPSA) is 24.3 Å². The zero-order valence-electron chi connectivity index (χ0n) is 57.4. The van der Waals surface area contributed by atoms with Gasteiger partial charge in [-0.05, 0) is 111 Å². The van der Waals surface area contributed by atoms with Gasteiger partial charge in [0.2, 0.25) is 0 Å². The van der Waals surface area contributed by atoms with Gasteiger partial charge < -0.3 is 9.80 Å². The molecule has 0 spiro atoms. The van der Waals surface area contributed by atoms with E-state index in [0.29, 0.717) is 16.9 Å². The van der Waals surface area contributed by atoms with Gasteiger partial charge in [0.05, 0.1) is 54.1 Å². The van der Waals surface area contributed by atoms with Gasteiger partial charge in [0.15, 0.2) is 0 Å². The highest BCUT2D eigenvalue weighted by atomic mass is 19.3. The average molecular weight is 924 g/mol. The molecule has 0 amide bonds. The second-order valence-corrected chi connectivity index (χ2v) is 18.9. The fourth-order valence-corrected chi connectivity index (χ4v) is 8.95. The Balaban J connectivity index is 1.18. The number of aromatic nitrogens is 2. The molecular weight excluding hydrogens is 851 g/mol. The van der Waals surface area contributed by atoms with Crippen LogP contribution in [0, 0.1) is 0 Å². The molecule has 0 saturated heterocycles. The summed E-state index contributed by atoms with van der Waals surface area (Å²) in [4.78, 5) is 7.88. The van der Waals surface area contributed by atoms with Gasteiger partial charge >= 0.3 is 0 Å². The van der Waals surface area contributed by atoms with Crippen LogP contribution < -0.4 is 9.80 Å². The Labute approximate surface area is 430 Å². The van der Waals surface area contributed by atoms with Crippen molar-refractivity contribution in [1.29, 1.82) is 0 Å². The molecule has 2 aromatic heterocycles. The molecule has 0 bridgehead atoms. The Morgan fingerprint density at radius 3 is 1.67 bits per heavy atom. The predicted octanol–water partition coefficient (Wildman–Crippen LogP) is 17.2. The molecule has 10 aromatic rings. The summed E-state index contributed by atoms with van der Waals surface area (Å²) in [5.74, 6) is -3.60. The number of pyridine rings is 1. The lowest BCUT2D eigenvalue weighted by Crippen LogP contribution is -2.26. The van der Waals surface area contributed by atoms with Crippen molar-refractivity contribution >= 4 is 44.6 Å². The Bertz CT molecular complexity index is 4510. The van der Waals surface area contributed by atoms with E-state index in [2.05, 4.69) is 4.98 Å². The lowest BCUT2D eigenvalue weighted by molar-refractivity contribution is 0.0428. The number of nitrogens with zero attached hydrogens (tertiary/aromatic N) is 4. The summed E-state index contributed by atoms with van der Waals surface area (Å²) in [6.07, 6.45) is 1.56. The minimum atomic E-state index is -3.83. The lowest BCUT2D eigenvalue weighted by Gasteiger charge is -2.30. The number of hydrogen-bond acceptors (Lipinski definition) is 3. The minimum absolute atomic E-state index is 0.0440. The summed E-state index contributed by atoms with van der Waals surface area (Å²) in [5.41, 5.74) is -2.09. The molecule has 0 aliphatic carbocycles. The molecule has 0 fully saturated rings. The Morgan fingerprint density at radius 2 is 1.04 bits per heavy atom. The molecule has 340 valence electrons. The van der Waals surface area contributed by atoms with Gasteiger partial charge in [-0.25, -0.2) is 4.98 Å². The smallest absolute Gasteiger partial charge is 0.298 e. The van der Waals surface area contributed by atoms with Gasteiger partial charge in [-0.15, -0.1) is 0 Å². The van der Waals surface area contributed by atoms with Crippen molar-refractivity contribution < 1.29 is 34.8 Å². The second kappa shape index (κ2) is 16.7. The first-order valence-electron chi connectivity index (χ1n) is 31.7. The molecule has 11 rings (SSSR count). The fourth-order valence-electron chi connectivity index (χ4n) is 8.95. The van der Waals surface area contributed by atoms with Gasteiger partial charge in [-0.2, -0.15) is 8.78 Å². The Kier molecular flexibility index (Phi) is 6.61. The monoisotopic (exact) mass is 924 g/mol. The number of benzene rings is 8. The molecule has 0 unspecified atom stereocenters. The molecule has 0 saturated carbocycles. The number of rotatable bonds is 8. The van der Waals surface area contributed by atoms with E-state index >= 15 is 8.78 Å². The number of alkyl halides is 2. The highest BCUT2D eigenvalue weighted by Gasteiger charge is 2.38. The third-order valence-electron chi connectivity index (χ3n) is 12.5. The van der Waals surface area contributed by atoms with E-state index < -0.39 is 153 Å². The van der Waals surface area contributed by atoms with Crippen LogP contribution in [0.1, 0.15) is 89.8 Å². The lowest BCUT2D eigenvalue weighted by atomic mass is 9.84. The molecule has 3 heterocycles. The van der Waals surface area contributed by atoms with E-state index in [1.54, 1.807) is 52.4 Å². The van der Waals surface area contributed by atoms with E-state index in [1.807, 2.05) is 47.6 Å². The predicted molar refractivity (Wildman–Crippen MR) is 284 cm³/mol. The molecule has 4 nitrogen and oxygen atoms in total. The van der Waals surface area contributed by atoms with Crippen molar-refractivity contribution in [2.75, 3.05) is 16.5 Å². The Morgan fingerprint density at radius 1 is 0.478 bits per heavy atom. The third-order valence-corrected chi connectivity index (χ3v) is 12.5. The first kappa shape index (κ1) is 27.2. The zero-order chi connectivity index (χ0) is 64.2. The van der Waals surface area contributed by atoms with Crippen molar-refractivity contribution in [3.05, 3.63) is 228 Å². The van der Waals surface area contributed by atoms with Crippen molar-refractivity contribution in [2.45, 2.75) is 58.3 Å². The van der Waals surface area contributed by atoms with Gasteiger partial charge in [0.1, 0.15) is 12.5 Å². The van der Waals surface area contributed by atoms with Crippen molar-refractivity contribution in [1.82, 2.24) is 9.55 Å². The quantitative estimate of drug-likeness (QED) is 0.152. The van der Waals surface area contributed by atoms with Crippen LogP contribution in [-0.2, 0) is 16.8 Å². The summed E-state index contributed by atoms with van der Waals surface area (Å²) >= 11 is 0. The standard InChI is InChI=1S/C63H54F2N4/c1-61(2,3)46-32-33-66-59(40-46)69-55-27-17-16-26-51(55)52-31-30-47(39-58(52)69)63(64,65)49-36-48(62(4,5)6)37-50(38-49)67-41-68(57-29-19-18-28-56(57)67)60-53(43-22-12-8-13-23-43)34-45(42-20-10-7-11-21-42)35-54(60)44-24-14-9-15-25-44/h7-40H,41H2,1-6H3/i7D,8D,9D,10D,11D,12D,13D,14D,15D,16D,17D,20D,21D,22D,23D,24D,25D,26D,27D. The van der Waals surface area contributed by atoms with E-state index in [0.717, 1.165) is 5.56 Å². The molecule has 0 atom stereocenters. The fraction of sp³-hybridized carbons (Fsp3) is 0.159. The normalized spacial score (nSPS) is 17.0. The zero-order valence-corrected chi connectivity index (χ0v) is 38.4. The van der Waals surface area contributed by atoms with Crippen molar-refractivity contribution in [3.63, 3.8) is 0 Å². The van der Waals surface area contributed by atoms with Gasteiger partial charge in [0, 0.05) is 44.9 Å². The van der Waals surface area contributed by atoms with Gasteiger partial charge in [-0.1, -0.05) is 175 Å². The highest BCUT2D eigenvalue weighted by molar-refractivity contribution is 6.09. The van der Waals surface area contributed by atoms with Crippen LogP contribution in [0.3, 0.4) is 0 Å². The second-order valence-electron chi connectivity index (χ2n) is 18.9. The highest BCUT2D eigenvalue weighted by Crippen LogP contribution is 2.52. The summed E-state index contributed by atoms with van der Waals surface area (Å²) in [7, 11) is 0. The molecular formula is C63H54F2N4. The summed E-state index contributed by atoms with van der Waals surface area (Å²) < 4.78 is 207. The van der Waals surface area contributed by atoms with Crippen LogP contribution in [0.4, 0.5) is 31.5 Å². The summed E-state index contributed by atoms with van der Waals surface area (Å²) in [6.45, 7) is 11.1. The molecule has 0 N–H and O–H groups in total. The van der Waals surface area contributed by atoms with Crippen LogP contribution in [0.5, 0.6) is 0 Å². The van der Waals surface area contributed by atoms with Gasteiger partial charge in [-0.3, -0.25) is 4.57 Å². The van der Waals surface area contributed by atoms with E-state index in [1.165, 1.54) is 47.0 Å².